The lowest BCUT2D eigenvalue weighted by Gasteiger charge is -2.29. The van der Waals surface area contributed by atoms with Crippen LogP contribution in [0.15, 0.2) is 18.2 Å². The summed E-state index contributed by atoms with van der Waals surface area (Å²) in [6, 6.07) is 3.24. The number of halogens is 3. The van der Waals surface area contributed by atoms with E-state index in [9.17, 15) is 8.78 Å². The lowest BCUT2D eigenvalue weighted by molar-refractivity contribution is 0.157. The summed E-state index contributed by atoms with van der Waals surface area (Å²) in [5, 5.41) is 0.810. The quantitative estimate of drug-likeness (QED) is 0.701. The standard InChI is InChI=1S/C13H17BrF2O/c1-3-13(4-2,8-14)9-17-12-6-10(15)5-11(16)7-12/h5-7H,3-4,8-9H2,1-2H3. The second kappa shape index (κ2) is 6.34. The zero-order valence-electron chi connectivity index (χ0n) is 10.1. The summed E-state index contributed by atoms with van der Waals surface area (Å²) in [7, 11) is 0. The Bertz CT molecular complexity index is 336. The zero-order chi connectivity index (χ0) is 12.9. The van der Waals surface area contributed by atoms with Crippen LogP contribution >= 0.6 is 15.9 Å². The normalized spacial score (nSPS) is 11.6. The van der Waals surface area contributed by atoms with Gasteiger partial charge >= 0.3 is 0 Å². The maximum absolute atomic E-state index is 13.0. The molecule has 0 amide bonds. The van der Waals surface area contributed by atoms with Gasteiger partial charge in [-0.05, 0) is 12.8 Å². The van der Waals surface area contributed by atoms with Gasteiger partial charge in [0.15, 0.2) is 0 Å². The lowest BCUT2D eigenvalue weighted by atomic mass is 9.86. The smallest absolute Gasteiger partial charge is 0.129 e. The highest BCUT2D eigenvalue weighted by Gasteiger charge is 2.25. The van der Waals surface area contributed by atoms with Gasteiger partial charge in [0.1, 0.15) is 17.4 Å². The number of hydrogen-bond donors (Lipinski definition) is 0. The van der Waals surface area contributed by atoms with E-state index in [1.807, 2.05) is 0 Å². The first-order valence-corrected chi connectivity index (χ1v) is 6.82. The Morgan fingerprint density at radius 1 is 1.12 bits per heavy atom. The largest absolute Gasteiger partial charge is 0.493 e. The van der Waals surface area contributed by atoms with E-state index < -0.39 is 11.6 Å². The molecule has 1 nitrogen and oxygen atoms in total. The number of ether oxygens (including phenoxy) is 1. The van der Waals surface area contributed by atoms with Gasteiger partial charge in [-0.3, -0.25) is 0 Å². The van der Waals surface area contributed by atoms with Crippen LogP contribution in [0.4, 0.5) is 8.78 Å². The van der Waals surface area contributed by atoms with Gasteiger partial charge in [-0.1, -0.05) is 29.8 Å². The first-order valence-electron chi connectivity index (χ1n) is 5.70. The minimum atomic E-state index is -0.613. The third kappa shape index (κ3) is 3.95. The molecule has 1 aromatic carbocycles. The lowest BCUT2D eigenvalue weighted by Crippen LogP contribution is -2.29. The van der Waals surface area contributed by atoms with Crippen molar-refractivity contribution in [3.8, 4) is 5.75 Å². The summed E-state index contributed by atoms with van der Waals surface area (Å²) in [4.78, 5) is 0. The van der Waals surface area contributed by atoms with Crippen LogP contribution in [-0.2, 0) is 0 Å². The Kier molecular flexibility index (Phi) is 5.37. The van der Waals surface area contributed by atoms with E-state index in [-0.39, 0.29) is 11.2 Å². The zero-order valence-corrected chi connectivity index (χ0v) is 11.7. The van der Waals surface area contributed by atoms with Crippen molar-refractivity contribution in [2.24, 2.45) is 5.41 Å². The second-order valence-electron chi connectivity index (χ2n) is 4.23. The molecule has 0 spiro atoms. The fourth-order valence-corrected chi connectivity index (χ4v) is 2.48. The number of hydrogen-bond acceptors (Lipinski definition) is 1. The number of rotatable bonds is 6. The third-order valence-electron chi connectivity index (χ3n) is 3.16. The SMILES string of the molecule is CCC(CC)(CBr)COc1cc(F)cc(F)c1. The van der Waals surface area contributed by atoms with E-state index in [0.29, 0.717) is 6.61 Å². The minimum Gasteiger partial charge on any atom is -0.493 e. The van der Waals surface area contributed by atoms with Crippen LogP contribution in [0.2, 0.25) is 0 Å². The molecule has 0 radical (unpaired) electrons. The van der Waals surface area contributed by atoms with E-state index in [1.54, 1.807) is 0 Å². The van der Waals surface area contributed by atoms with Crippen LogP contribution < -0.4 is 4.74 Å². The van der Waals surface area contributed by atoms with Gasteiger partial charge in [0.25, 0.3) is 0 Å². The summed E-state index contributed by atoms with van der Waals surface area (Å²) >= 11 is 3.47. The first-order chi connectivity index (χ1) is 8.05. The van der Waals surface area contributed by atoms with Crippen LogP contribution in [-0.4, -0.2) is 11.9 Å². The highest BCUT2D eigenvalue weighted by Crippen LogP contribution is 2.30. The van der Waals surface area contributed by atoms with Gasteiger partial charge in [0, 0.05) is 28.9 Å². The molecule has 0 heterocycles. The van der Waals surface area contributed by atoms with Gasteiger partial charge in [-0.15, -0.1) is 0 Å². The van der Waals surface area contributed by atoms with E-state index in [4.69, 9.17) is 4.74 Å². The molecular formula is C13H17BrF2O. The molecular weight excluding hydrogens is 290 g/mol. The van der Waals surface area contributed by atoms with Crippen LogP contribution in [0.5, 0.6) is 5.75 Å². The van der Waals surface area contributed by atoms with Crippen molar-refractivity contribution in [1.82, 2.24) is 0 Å². The third-order valence-corrected chi connectivity index (χ3v) is 4.35. The monoisotopic (exact) mass is 306 g/mol. The average molecular weight is 307 g/mol. The van der Waals surface area contributed by atoms with Crippen LogP contribution in [0.25, 0.3) is 0 Å². The van der Waals surface area contributed by atoms with Crippen molar-refractivity contribution in [2.45, 2.75) is 26.7 Å². The fraction of sp³-hybridized carbons (Fsp3) is 0.538. The highest BCUT2D eigenvalue weighted by atomic mass is 79.9. The highest BCUT2D eigenvalue weighted by molar-refractivity contribution is 9.09. The molecule has 0 fully saturated rings. The molecule has 0 aliphatic carbocycles. The van der Waals surface area contributed by atoms with Crippen LogP contribution in [0, 0.1) is 17.0 Å². The molecule has 17 heavy (non-hydrogen) atoms. The summed E-state index contributed by atoms with van der Waals surface area (Å²) in [6.07, 6.45) is 1.90. The molecule has 0 aliphatic heterocycles. The van der Waals surface area contributed by atoms with Crippen LogP contribution in [0.1, 0.15) is 26.7 Å². The predicted octanol–water partition coefficient (Wildman–Crippen LogP) is 4.54. The predicted molar refractivity (Wildman–Crippen MR) is 68.7 cm³/mol. The van der Waals surface area contributed by atoms with E-state index in [2.05, 4.69) is 29.8 Å². The molecule has 0 saturated heterocycles. The Balaban J connectivity index is 2.71. The molecule has 0 unspecified atom stereocenters. The Hall–Kier alpha value is -0.640. The average Bonchev–Trinajstić information content (AvgIpc) is 2.30. The van der Waals surface area contributed by atoms with Crippen molar-refractivity contribution in [3.63, 3.8) is 0 Å². The Morgan fingerprint density at radius 3 is 2.06 bits per heavy atom. The van der Waals surface area contributed by atoms with Gasteiger partial charge in [-0.25, -0.2) is 8.78 Å². The fourth-order valence-electron chi connectivity index (χ4n) is 1.53. The van der Waals surface area contributed by atoms with Gasteiger partial charge < -0.3 is 4.74 Å². The molecule has 0 atom stereocenters. The Labute approximate surface area is 109 Å². The maximum atomic E-state index is 13.0. The Morgan fingerprint density at radius 2 is 1.65 bits per heavy atom. The summed E-state index contributed by atoms with van der Waals surface area (Å²) in [5.74, 6) is -0.982. The molecule has 4 heteroatoms. The van der Waals surface area contributed by atoms with Crippen molar-refractivity contribution in [1.29, 1.82) is 0 Å². The molecule has 0 saturated carbocycles. The van der Waals surface area contributed by atoms with Gasteiger partial charge in [0.05, 0.1) is 6.61 Å². The summed E-state index contributed by atoms with van der Waals surface area (Å²) in [5.41, 5.74) is 0.0167. The van der Waals surface area contributed by atoms with Crippen molar-refractivity contribution in [2.75, 3.05) is 11.9 Å². The molecule has 0 aromatic heterocycles. The van der Waals surface area contributed by atoms with Crippen molar-refractivity contribution >= 4 is 15.9 Å². The minimum absolute atomic E-state index is 0.0167. The van der Waals surface area contributed by atoms with Crippen molar-refractivity contribution < 1.29 is 13.5 Å². The van der Waals surface area contributed by atoms with Crippen molar-refractivity contribution in [3.05, 3.63) is 29.8 Å². The summed E-state index contributed by atoms with van der Waals surface area (Å²) in [6.45, 7) is 4.62. The van der Waals surface area contributed by atoms with E-state index in [1.165, 1.54) is 12.1 Å². The molecule has 0 aliphatic rings. The molecule has 1 aromatic rings. The topological polar surface area (TPSA) is 9.23 Å². The van der Waals surface area contributed by atoms with Crippen LogP contribution in [0.3, 0.4) is 0 Å². The molecule has 96 valence electrons. The second-order valence-corrected chi connectivity index (χ2v) is 4.80. The van der Waals surface area contributed by atoms with Gasteiger partial charge in [0.2, 0.25) is 0 Å². The van der Waals surface area contributed by atoms with Gasteiger partial charge in [-0.2, -0.15) is 0 Å². The molecule has 0 bridgehead atoms. The van der Waals surface area contributed by atoms with E-state index in [0.717, 1.165) is 24.2 Å². The summed E-state index contributed by atoms with van der Waals surface area (Å²) < 4.78 is 31.4. The maximum Gasteiger partial charge on any atom is 0.129 e. The number of alkyl halides is 1. The number of benzene rings is 1. The molecule has 0 N–H and O–H groups in total. The molecule has 1 rings (SSSR count). The first kappa shape index (κ1) is 14.4. The van der Waals surface area contributed by atoms with E-state index >= 15 is 0 Å².